The quantitative estimate of drug-likeness (QED) is 0.546. The van der Waals surface area contributed by atoms with Gasteiger partial charge in [0.15, 0.2) is 17.3 Å². The maximum Gasteiger partial charge on any atom is 0.165 e. The fourth-order valence-corrected chi connectivity index (χ4v) is 2.13. The van der Waals surface area contributed by atoms with Gasteiger partial charge in [-0.25, -0.2) is 4.39 Å². The van der Waals surface area contributed by atoms with Crippen molar-refractivity contribution >= 4 is 5.78 Å². The summed E-state index contributed by atoms with van der Waals surface area (Å²) in [4.78, 5) is 12.1. The van der Waals surface area contributed by atoms with Gasteiger partial charge in [-0.1, -0.05) is 46.0 Å². The van der Waals surface area contributed by atoms with Crippen LogP contribution in [-0.4, -0.2) is 10.9 Å². The molecule has 1 unspecified atom stereocenters. The summed E-state index contributed by atoms with van der Waals surface area (Å²) >= 11 is 0. The SMILES string of the molecule is CCCCCCCC(C)C(=O)c1ccc(O)c(F)c1. The molecule has 1 aromatic rings. The molecule has 1 atom stereocenters. The Kier molecular flexibility index (Phi) is 6.54. The van der Waals surface area contributed by atoms with Crippen molar-refractivity contribution in [2.45, 2.75) is 52.4 Å². The number of carbonyl (C=O) groups excluding carboxylic acids is 1. The van der Waals surface area contributed by atoms with E-state index in [1.807, 2.05) is 6.92 Å². The molecule has 0 aromatic heterocycles. The minimum atomic E-state index is -0.735. The van der Waals surface area contributed by atoms with Crippen LogP contribution in [0.2, 0.25) is 0 Å². The van der Waals surface area contributed by atoms with Crippen molar-refractivity contribution in [2.24, 2.45) is 5.92 Å². The van der Waals surface area contributed by atoms with Gasteiger partial charge < -0.3 is 5.11 Å². The lowest BCUT2D eigenvalue weighted by atomic mass is 9.93. The average molecular weight is 266 g/mol. The van der Waals surface area contributed by atoms with Crippen molar-refractivity contribution in [3.8, 4) is 5.75 Å². The standard InChI is InChI=1S/C16H23FO2/c1-3-4-5-6-7-8-12(2)16(19)13-9-10-15(18)14(17)11-13/h9-12,18H,3-8H2,1-2H3. The van der Waals surface area contributed by atoms with Crippen LogP contribution in [0.5, 0.6) is 5.75 Å². The number of hydrogen-bond donors (Lipinski definition) is 1. The van der Waals surface area contributed by atoms with Gasteiger partial charge in [0.2, 0.25) is 0 Å². The Morgan fingerprint density at radius 1 is 1.26 bits per heavy atom. The molecule has 3 heteroatoms. The molecular weight excluding hydrogens is 243 g/mol. The number of halogens is 1. The molecule has 1 rings (SSSR count). The minimum Gasteiger partial charge on any atom is -0.505 e. The third kappa shape index (κ3) is 5.01. The van der Waals surface area contributed by atoms with Crippen molar-refractivity contribution in [1.82, 2.24) is 0 Å². The molecule has 0 amide bonds. The van der Waals surface area contributed by atoms with Crippen LogP contribution in [-0.2, 0) is 0 Å². The van der Waals surface area contributed by atoms with E-state index in [4.69, 9.17) is 5.11 Å². The van der Waals surface area contributed by atoms with E-state index in [1.165, 1.54) is 31.4 Å². The van der Waals surface area contributed by atoms with Gasteiger partial charge in [0, 0.05) is 11.5 Å². The Morgan fingerprint density at radius 2 is 1.95 bits per heavy atom. The molecule has 0 aliphatic carbocycles. The highest BCUT2D eigenvalue weighted by atomic mass is 19.1. The normalized spacial score (nSPS) is 12.4. The van der Waals surface area contributed by atoms with E-state index >= 15 is 0 Å². The average Bonchev–Trinajstić information content (AvgIpc) is 2.40. The van der Waals surface area contributed by atoms with E-state index in [0.717, 1.165) is 25.3 Å². The second-order valence-electron chi connectivity index (χ2n) is 5.13. The maximum atomic E-state index is 13.2. The summed E-state index contributed by atoms with van der Waals surface area (Å²) < 4.78 is 13.2. The first-order valence-electron chi connectivity index (χ1n) is 7.09. The maximum absolute atomic E-state index is 13.2. The molecule has 0 saturated heterocycles. The highest BCUT2D eigenvalue weighted by Crippen LogP contribution is 2.21. The Morgan fingerprint density at radius 3 is 2.58 bits per heavy atom. The first kappa shape index (κ1) is 15.7. The van der Waals surface area contributed by atoms with E-state index in [2.05, 4.69) is 6.92 Å². The third-order valence-electron chi connectivity index (χ3n) is 3.42. The number of Topliss-reactive ketones (excluding diaryl/α,β-unsaturated/α-hetero) is 1. The topological polar surface area (TPSA) is 37.3 Å². The molecule has 1 N–H and O–H groups in total. The predicted molar refractivity (Wildman–Crippen MR) is 74.9 cm³/mol. The summed E-state index contributed by atoms with van der Waals surface area (Å²) in [5.74, 6) is -1.29. The number of unbranched alkanes of at least 4 members (excludes halogenated alkanes) is 4. The molecule has 0 radical (unpaired) electrons. The highest BCUT2D eigenvalue weighted by Gasteiger charge is 2.16. The van der Waals surface area contributed by atoms with Crippen LogP contribution in [0.15, 0.2) is 18.2 Å². The van der Waals surface area contributed by atoms with Gasteiger partial charge in [0.1, 0.15) is 0 Å². The van der Waals surface area contributed by atoms with E-state index in [9.17, 15) is 9.18 Å². The van der Waals surface area contributed by atoms with Crippen LogP contribution >= 0.6 is 0 Å². The largest absolute Gasteiger partial charge is 0.505 e. The van der Waals surface area contributed by atoms with Crippen molar-refractivity contribution < 1.29 is 14.3 Å². The summed E-state index contributed by atoms with van der Waals surface area (Å²) in [6, 6.07) is 3.83. The van der Waals surface area contributed by atoms with E-state index in [1.54, 1.807) is 0 Å². The van der Waals surface area contributed by atoms with E-state index < -0.39 is 11.6 Å². The van der Waals surface area contributed by atoms with E-state index in [-0.39, 0.29) is 11.7 Å². The molecular formula is C16H23FO2. The lowest BCUT2D eigenvalue weighted by molar-refractivity contribution is 0.0922. The van der Waals surface area contributed by atoms with Crippen LogP contribution < -0.4 is 0 Å². The van der Waals surface area contributed by atoms with Crippen molar-refractivity contribution in [1.29, 1.82) is 0 Å². The van der Waals surface area contributed by atoms with Crippen molar-refractivity contribution in [2.75, 3.05) is 0 Å². The fourth-order valence-electron chi connectivity index (χ4n) is 2.13. The Balaban J connectivity index is 2.45. The van der Waals surface area contributed by atoms with Gasteiger partial charge in [0.25, 0.3) is 0 Å². The van der Waals surface area contributed by atoms with Gasteiger partial charge in [-0.3, -0.25) is 4.79 Å². The summed E-state index contributed by atoms with van der Waals surface area (Å²) in [7, 11) is 0. The van der Waals surface area contributed by atoms with E-state index in [0.29, 0.717) is 5.56 Å². The van der Waals surface area contributed by atoms with Crippen LogP contribution in [0.25, 0.3) is 0 Å². The van der Waals surface area contributed by atoms with Gasteiger partial charge in [-0.2, -0.15) is 0 Å². The Bertz CT molecular complexity index is 415. The van der Waals surface area contributed by atoms with Gasteiger partial charge in [0.05, 0.1) is 0 Å². The molecule has 0 heterocycles. The molecule has 2 nitrogen and oxygen atoms in total. The number of aromatic hydroxyl groups is 1. The monoisotopic (exact) mass is 266 g/mol. The molecule has 0 saturated carbocycles. The number of rotatable bonds is 8. The Labute approximate surface area is 114 Å². The van der Waals surface area contributed by atoms with Gasteiger partial charge >= 0.3 is 0 Å². The number of ketones is 1. The van der Waals surface area contributed by atoms with Crippen LogP contribution in [0, 0.1) is 11.7 Å². The number of phenolic OH excluding ortho intramolecular Hbond substituents is 1. The zero-order chi connectivity index (χ0) is 14.3. The molecule has 0 bridgehead atoms. The number of carbonyl (C=O) groups is 1. The lowest BCUT2D eigenvalue weighted by Gasteiger charge is -2.10. The lowest BCUT2D eigenvalue weighted by Crippen LogP contribution is -2.11. The smallest absolute Gasteiger partial charge is 0.165 e. The summed E-state index contributed by atoms with van der Waals surface area (Å²) in [6.45, 7) is 4.05. The third-order valence-corrected chi connectivity index (χ3v) is 3.42. The number of phenols is 1. The molecule has 0 aliphatic heterocycles. The molecule has 0 spiro atoms. The highest BCUT2D eigenvalue weighted by molar-refractivity contribution is 5.97. The predicted octanol–water partition coefficient (Wildman–Crippen LogP) is 4.71. The number of benzene rings is 1. The zero-order valence-electron chi connectivity index (χ0n) is 11.8. The summed E-state index contributed by atoms with van der Waals surface area (Å²) in [5.41, 5.74) is 0.344. The molecule has 1 aromatic carbocycles. The van der Waals surface area contributed by atoms with Crippen LogP contribution in [0.4, 0.5) is 4.39 Å². The molecule has 19 heavy (non-hydrogen) atoms. The number of hydrogen-bond acceptors (Lipinski definition) is 2. The molecule has 0 aliphatic rings. The molecule has 106 valence electrons. The van der Waals surface area contributed by atoms with Gasteiger partial charge in [-0.05, 0) is 24.6 Å². The van der Waals surface area contributed by atoms with Gasteiger partial charge in [-0.15, -0.1) is 0 Å². The fraction of sp³-hybridized carbons (Fsp3) is 0.562. The summed E-state index contributed by atoms with van der Waals surface area (Å²) in [6.07, 6.45) is 6.69. The van der Waals surface area contributed by atoms with Crippen molar-refractivity contribution in [3.05, 3.63) is 29.6 Å². The second kappa shape index (κ2) is 7.93. The second-order valence-corrected chi connectivity index (χ2v) is 5.13. The van der Waals surface area contributed by atoms with Crippen LogP contribution in [0.1, 0.15) is 62.7 Å². The van der Waals surface area contributed by atoms with Crippen molar-refractivity contribution in [3.63, 3.8) is 0 Å². The minimum absolute atomic E-state index is 0.0469. The Hall–Kier alpha value is -1.38. The molecule has 0 fully saturated rings. The zero-order valence-corrected chi connectivity index (χ0v) is 11.8. The summed E-state index contributed by atoms with van der Waals surface area (Å²) in [5, 5.41) is 9.10. The van der Waals surface area contributed by atoms with Crippen LogP contribution in [0.3, 0.4) is 0 Å². The first-order valence-corrected chi connectivity index (χ1v) is 7.09. The first-order chi connectivity index (χ1) is 9.06.